The van der Waals surface area contributed by atoms with Crippen molar-refractivity contribution in [3.05, 3.63) is 65.7 Å². The summed E-state index contributed by atoms with van der Waals surface area (Å²) in [6.45, 7) is 0.700. The second-order valence-electron chi connectivity index (χ2n) is 4.78. The minimum absolute atomic E-state index is 0. The monoisotopic (exact) mass is 307 g/mol. The van der Waals surface area contributed by atoms with Crippen molar-refractivity contribution in [2.24, 2.45) is 5.73 Å². The molecule has 2 aromatic carbocycles. The maximum Gasteiger partial charge on any atom is 0.124 e. The lowest BCUT2D eigenvalue weighted by atomic mass is 10.0. The van der Waals surface area contributed by atoms with Gasteiger partial charge in [0.2, 0.25) is 0 Å². The lowest BCUT2D eigenvalue weighted by molar-refractivity contribution is 0.276. The number of ether oxygens (including phenoxy) is 1. The molecule has 0 aliphatic carbocycles. The van der Waals surface area contributed by atoms with Gasteiger partial charge >= 0.3 is 0 Å². The Hall–Kier alpha value is -1.55. The lowest BCUT2D eigenvalue weighted by Gasteiger charge is -2.16. The summed E-state index contributed by atoms with van der Waals surface area (Å²) < 4.78 is 5.88. The average Bonchev–Trinajstić information content (AvgIpc) is 2.52. The minimum atomic E-state index is -0.103. The van der Waals surface area contributed by atoms with Crippen LogP contribution >= 0.6 is 12.4 Å². The first-order valence-corrected chi connectivity index (χ1v) is 6.93. The molecule has 0 spiro atoms. The highest BCUT2D eigenvalue weighted by atomic mass is 35.5. The molecule has 3 N–H and O–H groups in total. The van der Waals surface area contributed by atoms with Gasteiger partial charge < -0.3 is 15.6 Å². The number of rotatable bonds is 7. The van der Waals surface area contributed by atoms with Crippen LogP contribution in [0.4, 0.5) is 0 Å². The molecule has 21 heavy (non-hydrogen) atoms. The van der Waals surface area contributed by atoms with E-state index in [1.54, 1.807) is 0 Å². The summed E-state index contributed by atoms with van der Waals surface area (Å²) in [6.07, 6.45) is 1.45. The summed E-state index contributed by atoms with van der Waals surface area (Å²) in [6, 6.07) is 17.8. The SMILES string of the molecule is Cl.N[C@H](CCCO)c1ccccc1OCc1ccccc1. The topological polar surface area (TPSA) is 55.5 Å². The molecule has 0 saturated heterocycles. The van der Waals surface area contributed by atoms with E-state index in [9.17, 15) is 0 Å². The Morgan fingerprint density at radius 2 is 1.67 bits per heavy atom. The third-order valence-corrected chi connectivity index (χ3v) is 3.23. The van der Waals surface area contributed by atoms with Gasteiger partial charge in [0.15, 0.2) is 0 Å². The van der Waals surface area contributed by atoms with Gasteiger partial charge in [-0.25, -0.2) is 0 Å². The standard InChI is InChI=1S/C17H21NO2.ClH/c18-16(10-6-12-19)15-9-4-5-11-17(15)20-13-14-7-2-1-3-8-14;/h1-5,7-9,11,16,19H,6,10,12-13,18H2;1H/t16-;/m1./s1. The molecule has 2 aromatic rings. The molecule has 0 fully saturated rings. The molecule has 3 nitrogen and oxygen atoms in total. The van der Waals surface area contributed by atoms with Crippen LogP contribution in [-0.4, -0.2) is 11.7 Å². The Bertz CT molecular complexity index is 519. The summed E-state index contributed by atoms with van der Waals surface area (Å²) in [5.41, 5.74) is 8.29. The Morgan fingerprint density at radius 3 is 2.38 bits per heavy atom. The zero-order valence-electron chi connectivity index (χ0n) is 11.9. The zero-order valence-corrected chi connectivity index (χ0v) is 12.8. The molecule has 0 radical (unpaired) electrons. The number of benzene rings is 2. The minimum Gasteiger partial charge on any atom is -0.489 e. The number of nitrogens with two attached hydrogens (primary N) is 1. The Labute approximate surface area is 132 Å². The van der Waals surface area contributed by atoms with Crippen LogP contribution in [-0.2, 0) is 6.61 Å². The third kappa shape index (κ3) is 5.38. The van der Waals surface area contributed by atoms with Gasteiger partial charge in [0.25, 0.3) is 0 Å². The number of para-hydroxylation sites is 1. The van der Waals surface area contributed by atoms with Crippen LogP contribution < -0.4 is 10.5 Å². The van der Waals surface area contributed by atoms with Crippen LogP contribution in [0.5, 0.6) is 5.75 Å². The number of aliphatic hydroxyl groups is 1. The van der Waals surface area contributed by atoms with Crippen molar-refractivity contribution in [1.29, 1.82) is 0 Å². The highest BCUT2D eigenvalue weighted by molar-refractivity contribution is 5.85. The summed E-state index contributed by atoms with van der Waals surface area (Å²) in [4.78, 5) is 0. The summed E-state index contributed by atoms with van der Waals surface area (Å²) >= 11 is 0. The largest absolute Gasteiger partial charge is 0.489 e. The molecule has 2 rings (SSSR count). The molecule has 0 aliphatic rings. The number of hydrogen-bond acceptors (Lipinski definition) is 3. The van der Waals surface area contributed by atoms with Crippen LogP contribution in [0.2, 0.25) is 0 Å². The van der Waals surface area contributed by atoms with Crippen molar-refractivity contribution >= 4 is 12.4 Å². The van der Waals surface area contributed by atoms with Gasteiger partial charge in [-0.2, -0.15) is 0 Å². The van der Waals surface area contributed by atoms with E-state index in [-0.39, 0.29) is 25.1 Å². The van der Waals surface area contributed by atoms with Crippen LogP contribution in [0, 0.1) is 0 Å². The smallest absolute Gasteiger partial charge is 0.124 e. The first-order chi connectivity index (χ1) is 9.81. The predicted octanol–water partition coefficient (Wildman–Crippen LogP) is 3.46. The van der Waals surface area contributed by atoms with Crippen molar-refractivity contribution in [3.8, 4) is 5.75 Å². The van der Waals surface area contributed by atoms with Crippen molar-refractivity contribution in [1.82, 2.24) is 0 Å². The zero-order chi connectivity index (χ0) is 14.2. The first kappa shape index (κ1) is 17.5. The van der Waals surface area contributed by atoms with E-state index >= 15 is 0 Å². The maximum atomic E-state index is 8.90. The van der Waals surface area contributed by atoms with Crippen molar-refractivity contribution < 1.29 is 9.84 Å². The molecule has 114 valence electrons. The van der Waals surface area contributed by atoms with E-state index in [4.69, 9.17) is 15.6 Å². The highest BCUT2D eigenvalue weighted by Crippen LogP contribution is 2.27. The van der Waals surface area contributed by atoms with Crippen LogP contribution in [0.15, 0.2) is 54.6 Å². The molecular formula is C17H22ClNO2. The second-order valence-corrected chi connectivity index (χ2v) is 4.78. The van der Waals surface area contributed by atoms with Gasteiger partial charge in [0.1, 0.15) is 12.4 Å². The fourth-order valence-corrected chi connectivity index (χ4v) is 2.12. The maximum absolute atomic E-state index is 8.90. The number of hydrogen-bond donors (Lipinski definition) is 2. The first-order valence-electron chi connectivity index (χ1n) is 6.93. The van der Waals surface area contributed by atoms with Gasteiger partial charge in [-0.15, -0.1) is 12.4 Å². The summed E-state index contributed by atoms with van der Waals surface area (Å²) in [5, 5.41) is 8.90. The number of aliphatic hydroxyl groups excluding tert-OH is 1. The van der Waals surface area contributed by atoms with E-state index in [1.807, 2.05) is 54.6 Å². The average molecular weight is 308 g/mol. The van der Waals surface area contributed by atoms with Gasteiger partial charge in [0, 0.05) is 18.2 Å². The van der Waals surface area contributed by atoms with E-state index in [2.05, 4.69) is 0 Å². The van der Waals surface area contributed by atoms with E-state index in [0.29, 0.717) is 13.0 Å². The van der Waals surface area contributed by atoms with Crippen LogP contribution in [0.3, 0.4) is 0 Å². The molecular weight excluding hydrogens is 286 g/mol. The third-order valence-electron chi connectivity index (χ3n) is 3.23. The molecule has 0 bridgehead atoms. The fraction of sp³-hybridized carbons (Fsp3) is 0.294. The molecule has 4 heteroatoms. The summed E-state index contributed by atoms with van der Waals surface area (Å²) in [7, 11) is 0. The van der Waals surface area contributed by atoms with E-state index in [1.165, 1.54) is 0 Å². The van der Waals surface area contributed by atoms with E-state index in [0.717, 1.165) is 23.3 Å². The Balaban J connectivity index is 0.00000220. The van der Waals surface area contributed by atoms with Gasteiger partial charge in [-0.1, -0.05) is 48.5 Å². The van der Waals surface area contributed by atoms with Crippen molar-refractivity contribution in [2.45, 2.75) is 25.5 Å². The quantitative estimate of drug-likeness (QED) is 0.823. The van der Waals surface area contributed by atoms with E-state index < -0.39 is 0 Å². The predicted molar refractivity (Wildman–Crippen MR) is 87.7 cm³/mol. The number of halogens is 1. The van der Waals surface area contributed by atoms with Crippen molar-refractivity contribution in [3.63, 3.8) is 0 Å². The van der Waals surface area contributed by atoms with Gasteiger partial charge in [0.05, 0.1) is 0 Å². The molecule has 0 amide bonds. The second kappa shape index (κ2) is 9.40. The van der Waals surface area contributed by atoms with Gasteiger partial charge in [-0.3, -0.25) is 0 Å². The molecule has 0 aromatic heterocycles. The highest BCUT2D eigenvalue weighted by Gasteiger charge is 2.11. The van der Waals surface area contributed by atoms with Gasteiger partial charge in [-0.05, 0) is 24.5 Å². The van der Waals surface area contributed by atoms with Crippen molar-refractivity contribution in [2.75, 3.05) is 6.61 Å². The molecule has 0 aliphatic heterocycles. The van der Waals surface area contributed by atoms with Crippen LogP contribution in [0.25, 0.3) is 0 Å². The molecule has 0 unspecified atom stereocenters. The lowest BCUT2D eigenvalue weighted by Crippen LogP contribution is -2.12. The Kier molecular flexibility index (Phi) is 7.83. The Morgan fingerprint density at radius 1 is 1.00 bits per heavy atom. The molecule has 0 heterocycles. The summed E-state index contributed by atoms with van der Waals surface area (Å²) in [5.74, 6) is 0.821. The fourth-order valence-electron chi connectivity index (χ4n) is 2.12. The normalized spacial score (nSPS) is 11.5. The van der Waals surface area contributed by atoms with Crippen LogP contribution in [0.1, 0.15) is 30.0 Å². The molecule has 0 saturated carbocycles. The molecule has 1 atom stereocenters.